The molecule has 0 aliphatic carbocycles. The van der Waals surface area contributed by atoms with E-state index in [4.69, 9.17) is 9.47 Å². The molecule has 7 nitrogen and oxygen atoms in total. The van der Waals surface area contributed by atoms with Crippen LogP contribution in [0.15, 0.2) is 30.6 Å². The first kappa shape index (κ1) is 23.2. The number of nitrogens with one attached hydrogen (secondary N) is 1. The Morgan fingerprint density at radius 1 is 1.12 bits per heavy atom. The van der Waals surface area contributed by atoms with E-state index >= 15 is 4.39 Å². The summed E-state index contributed by atoms with van der Waals surface area (Å²) >= 11 is 0. The SMILES string of the molecule is N#CC1(CNc2ncnc(N3CCOC[C@@H]3c3ccc(C(F)(F)F)cc3)c2F)CCOCC1. The van der Waals surface area contributed by atoms with Gasteiger partial charge in [0.2, 0.25) is 5.82 Å². The summed E-state index contributed by atoms with van der Waals surface area (Å²) in [7, 11) is 0. The lowest BCUT2D eigenvalue weighted by molar-refractivity contribution is -0.137. The Kier molecular flexibility index (Phi) is 6.67. The maximum absolute atomic E-state index is 15.4. The second kappa shape index (κ2) is 9.49. The summed E-state index contributed by atoms with van der Waals surface area (Å²) in [6, 6.07) is 6.54. The predicted octanol–water partition coefficient (Wildman–Crippen LogP) is 3.94. The zero-order chi connectivity index (χ0) is 23.5. The van der Waals surface area contributed by atoms with E-state index in [-0.39, 0.29) is 24.8 Å². The zero-order valence-corrected chi connectivity index (χ0v) is 17.7. The van der Waals surface area contributed by atoms with Gasteiger partial charge < -0.3 is 19.7 Å². The van der Waals surface area contributed by atoms with Crippen molar-refractivity contribution in [3.8, 4) is 6.07 Å². The van der Waals surface area contributed by atoms with Gasteiger partial charge >= 0.3 is 6.18 Å². The fourth-order valence-electron chi connectivity index (χ4n) is 4.05. The highest BCUT2D eigenvalue weighted by Gasteiger charge is 2.35. The lowest BCUT2D eigenvalue weighted by atomic mass is 9.82. The summed E-state index contributed by atoms with van der Waals surface area (Å²) in [5.41, 5.74) is -0.869. The Morgan fingerprint density at radius 3 is 2.52 bits per heavy atom. The quantitative estimate of drug-likeness (QED) is 0.670. The molecule has 0 saturated carbocycles. The third-order valence-electron chi connectivity index (χ3n) is 6.08. The number of anilines is 2. The van der Waals surface area contributed by atoms with Crippen LogP contribution in [0.3, 0.4) is 0 Å². The highest BCUT2D eigenvalue weighted by molar-refractivity contribution is 5.53. The molecule has 176 valence electrons. The number of hydrogen-bond acceptors (Lipinski definition) is 7. The summed E-state index contributed by atoms with van der Waals surface area (Å²) in [5.74, 6) is -0.686. The number of alkyl halides is 3. The largest absolute Gasteiger partial charge is 0.416 e. The number of morpholine rings is 1. The Labute approximate surface area is 188 Å². The monoisotopic (exact) mass is 465 g/mol. The molecule has 0 radical (unpaired) electrons. The van der Waals surface area contributed by atoms with Crippen LogP contribution in [0.5, 0.6) is 0 Å². The molecule has 0 spiro atoms. The van der Waals surface area contributed by atoms with Crippen molar-refractivity contribution in [2.45, 2.75) is 25.1 Å². The molecule has 2 saturated heterocycles. The van der Waals surface area contributed by atoms with Crippen molar-refractivity contribution in [3.63, 3.8) is 0 Å². The van der Waals surface area contributed by atoms with E-state index in [1.54, 1.807) is 4.90 Å². The Hall–Kier alpha value is -2.97. The normalized spacial score (nSPS) is 20.8. The van der Waals surface area contributed by atoms with Gasteiger partial charge in [-0.1, -0.05) is 12.1 Å². The summed E-state index contributed by atoms with van der Waals surface area (Å²) in [4.78, 5) is 9.78. The number of hydrogen-bond donors (Lipinski definition) is 1. The second-order valence-electron chi connectivity index (χ2n) is 8.12. The average molecular weight is 465 g/mol. The van der Waals surface area contributed by atoms with E-state index in [1.807, 2.05) is 0 Å². The Morgan fingerprint density at radius 2 is 1.85 bits per heavy atom. The third-order valence-corrected chi connectivity index (χ3v) is 6.08. The maximum atomic E-state index is 15.4. The first-order valence-corrected chi connectivity index (χ1v) is 10.6. The molecule has 11 heteroatoms. The lowest BCUT2D eigenvalue weighted by Crippen LogP contribution is -2.41. The molecule has 1 aromatic heterocycles. The van der Waals surface area contributed by atoms with Crippen LogP contribution in [0.2, 0.25) is 0 Å². The summed E-state index contributed by atoms with van der Waals surface area (Å²) in [5, 5.41) is 12.6. The number of rotatable bonds is 5. The van der Waals surface area contributed by atoms with Gasteiger partial charge in [0, 0.05) is 26.3 Å². The van der Waals surface area contributed by atoms with E-state index in [1.165, 1.54) is 18.5 Å². The van der Waals surface area contributed by atoms with E-state index in [9.17, 15) is 18.4 Å². The van der Waals surface area contributed by atoms with Crippen molar-refractivity contribution in [1.82, 2.24) is 9.97 Å². The number of nitriles is 1. The number of benzene rings is 1. The number of ether oxygens (including phenoxy) is 2. The van der Waals surface area contributed by atoms with Gasteiger partial charge in [0.15, 0.2) is 11.6 Å². The molecule has 0 amide bonds. The number of aromatic nitrogens is 2. The van der Waals surface area contributed by atoms with Crippen LogP contribution >= 0.6 is 0 Å². The molecular formula is C22H23F4N5O2. The van der Waals surface area contributed by atoms with Crippen LogP contribution < -0.4 is 10.2 Å². The summed E-state index contributed by atoms with van der Waals surface area (Å²) in [6.45, 7) is 1.95. The summed E-state index contributed by atoms with van der Waals surface area (Å²) in [6.07, 6.45) is -2.14. The highest BCUT2D eigenvalue weighted by atomic mass is 19.4. The van der Waals surface area contributed by atoms with Crippen LogP contribution in [0, 0.1) is 22.6 Å². The zero-order valence-electron chi connectivity index (χ0n) is 17.7. The lowest BCUT2D eigenvalue weighted by Gasteiger charge is -2.37. The Bertz CT molecular complexity index is 1000. The van der Waals surface area contributed by atoms with Gasteiger partial charge in [-0.3, -0.25) is 0 Å². The van der Waals surface area contributed by atoms with Gasteiger partial charge in [0.25, 0.3) is 0 Å². The van der Waals surface area contributed by atoms with Gasteiger partial charge in [-0.15, -0.1) is 0 Å². The fraction of sp³-hybridized carbons (Fsp3) is 0.500. The standard InChI is InChI=1S/C22H23F4N5O2/c23-18-19(28-13-21(12-27)5-8-32-9-6-21)29-14-30-20(18)31-7-10-33-11-17(31)15-1-3-16(4-2-15)22(24,25)26/h1-4,14,17H,5-11,13H2,(H,28,29,30)/t17-/m1/s1. The molecule has 2 aromatic rings. The molecule has 4 rings (SSSR count). The van der Waals surface area contributed by atoms with E-state index in [0.29, 0.717) is 44.8 Å². The van der Waals surface area contributed by atoms with E-state index < -0.39 is 29.0 Å². The molecular weight excluding hydrogens is 442 g/mol. The van der Waals surface area contributed by atoms with Gasteiger partial charge in [0.1, 0.15) is 6.33 Å². The van der Waals surface area contributed by atoms with Gasteiger partial charge in [0.05, 0.1) is 36.3 Å². The molecule has 2 aliphatic rings. The number of halogens is 4. The molecule has 33 heavy (non-hydrogen) atoms. The smallest absolute Gasteiger partial charge is 0.381 e. The van der Waals surface area contributed by atoms with Crippen molar-refractivity contribution < 1.29 is 27.0 Å². The van der Waals surface area contributed by atoms with Crippen molar-refractivity contribution in [3.05, 3.63) is 47.5 Å². The van der Waals surface area contributed by atoms with Crippen LogP contribution in [0.4, 0.5) is 29.2 Å². The van der Waals surface area contributed by atoms with Crippen LogP contribution in [-0.4, -0.2) is 49.5 Å². The minimum Gasteiger partial charge on any atom is -0.381 e. The van der Waals surface area contributed by atoms with Crippen LogP contribution in [-0.2, 0) is 15.7 Å². The van der Waals surface area contributed by atoms with Crippen molar-refractivity contribution in [2.75, 3.05) is 49.7 Å². The van der Waals surface area contributed by atoms with Gasteiger partial charge in [-0.05, 0) is 30.5 Å². The van der Waals surface area contributed by atoms with Crippen LogP contribution in [0.1, 0.15) is 30.0 Å². The average Bonchev–Trinajstić information content (AvgIpc) is 2.84. The van der Waals surface area contributed by atoms with Crippen molar-refractivity contribution >= 4 is 11.6 Å². The van der Waals surface area contributed by atoms with Gasteiger partial charge in [-0.2, -0.15) is 22.8 Å². The molecule has 1 N–H and O–H groups in total. The molecule has 1 atom stereocenters. The van der Waals surface area contributed by atoms with Crippen molar-refractivity contribution in [1.29, 1.82) is 5.26 Å². The minimum atomic E-state index is -4.44. The predicted molar refractivity (Wildman–Crippen MR) is 111 cm³/mol. The molecule has 0 bridgehead atoms. The van der Waals surface area contributed by atoms with Gasteiger partial charge in [-0.25, -0.2) is 9.97 Å². The fourth-order valence-corrected chi connectivity index (χ4v) is 4.05. The topological polar surface area (TPSA) is 83.3 Å². The minimum absolute atomic E-state index is 0.0266. The maximum Gasteiger partial charge on any atom is 0.416 e. The molecule has 1 aromatic carbocycles. The molecule has 0 unspecified atom stereocenters. The third kappa shape index (κ3) is 5.02. The first-order valence-electron chi connectivity index (χ1n) is 10.6. The molecule has 2 aliphatic heterocycles. The molecule has 2 fully saturated rings. The van der Waals surface area contributed by atoms with E-state index in [0.717, 1.165) is 12.1 Å². The van der Waals surface area contributed by atoms with Crippen LogP contribution in [0.25, 0.3) is 0 Å². The first-order chi connectivity index (χ1) is 15.8. The van der Waals surface area contributed by atoms with Crippen molar-refractivity contribution in [2.24, 2.45) is 5.41 Å². The summed E-state index contributed by atoms with van der Waals surface area (Å²) < 4.78 is 65.0. The number of nitrogens with zero attached hydrogens (tertiary/aromatic N) is 4. The molecule has 3 heterocycles. The van der Waals surface area contributed by atoms with E-state index in [2.05, 4.69) is 21.4 Å². The second-order valence-corrected chi connectivity index (χ2v) is 8.12. The Balaban J connectivity index is 1.56. The highest BCUT2D eigenvalue weighted by Crippen LogP contribution is 2.35.